The van der Waals surface area contributed by atoms with Gasteiger partial charge in [-0.2, -0.15) is 0 Å². The molecule has 0 aliphatic carbocycles. The zero-order valence-electron chi connectivity index (χ0n) is 16.7. The summed E-state index contributed by atoms with van der Waals surface area (Å²) in [6.45, 7) is 9.52. The summed E-state index contributed by atoms with van der Waals surface area (Å²) in [6, 6.07) is 1.47. The highest BCUT2D eigenvalue weighted by Crippen LogP contribution is 2.20. The quantitative estimate of drug-likeness (QED) is 0.650. The molecular weight excluding hydrogens is 364 g/mol. The number of hydrogen-bond donors (Lipinski definition) is 3. The van der Waals surface area contributed by atoms with Gasteiger partial charge in [0.1, 0.15) is 17.9 Å². The van der Waals surface area contributed by atoms with Crippen LogP contribution in [0.2, 0.25) is 0 Å². The third kappa shape index (κ3) is 5.66. The van der Waals surface area contributed by atoms with Gasteiger partial charge in [-0.1, -0.05) is 20.8 Å². The molecule has 1 aromatic rings. The average molecular weight is 392 g/mol. The van der Waals surface area contributed by atoms with Gasteiger partial charge in [-0.25, -0.2) is 4.98 Å². The molecule has 3 N–H and O–H groups in total. The third-order valence-corrected chi connectivity index (χ3v) is 4.48. The molecule has 2 atom stereocenters. The minimum Gasteiger partial charge on any atom is -0.480 e. The van der Waals surface area contributed by atoms with E-state index in [9.17, 15) is 14.4 Å². The van der Waals surface area contributed by atoms with Gasteiger partial charge in [-0.15, -0.1) is 0 Å². The van der Waals surface area contributed by atoms with Crippen molar-refractivity contribution >= 4 is 23.6 Å². The summed E-state index contributed by atoms with van der Waals surface area (Å²) in [5, 5.41) is 14.1. The molecule has 1 saturated heterocycles. The number of nitrogens with one attached hydrogen (secondary N) is 2. The van der Waals surface area contributed by atoms with Gasteiger partial charge in [-0.05, 0) is 24.5 Å². The van der Waals surface area contributed by atoms with Gasteiger partial charge in [0.15, 0.2) is 0 Å². The Balaban J connectivity index is 2.08. The highest BCUT2D eigenvalue weighted by atomic mass is 16.5. The van der Waals surface area contributed by atoms with Crippen LogP contribution < -0.4 is 15.5 Å². The van der Waals surface area contributed by atoms with Gasteiger partial charge in [0, 0.05) is 19.3 Å². The maximum Gasteiger partial charge on any atom is 0.325 e. The van der Waals surface area contributed by atoms with Gasteiger partial charge < -0.3 is 25.4 Å². The number of amides is 2. The maximum absolute atomic E-state index is 12.6. The Labute approximate surface area is 164 Å². The standard InChI is InChI=1S/C19H28N4O5/c1-12(18(26)27)21-17(25)15(19(2,3)4)22-16(24)13-5-6-14(20-11-13)23-7-9-28-10-8-23/h5-6,11-12,15H,7-10H2,1-4H3,(H,21,25)(H,22,24)(H,26,27). The molecule has 2 amide bonds. The molecule has 2 rings (SSSR count). The van der Waals surface area contributed by atoms with E-state index in [1.807, 2.05) is 0 Å². The van der Waals surface area contributed by atoms with Crippen molar-refractivity contribution in [2.75, 3.05) is 31.2 Å². The van der Waals surface area contributed by atoms with Crippen LogP contribution >= 0.6 is 0 Å². The zero-order chi connectivity index (χ0) is 20.9. The van der Waals surface area contributed by atoms with Crippen LogP contribution in [0.1, 0.15) is 38.1 Å². The Bertz CT molecular complexity index is 708. The SMILES string of the molecule is CC(NC(=O)C(NC(=O)c1ccc(N2CCOCC2)nc1)C(C)(C)C)C(=O)O. The van der Waals surface area contributed by atoms with E-state index in [2.05, 4.69) is 20.5 Å². The first kappa shape index (κ1) is 21.6. The molecule has 0 bridgehead atoms. The van der Waals surface area contributed by atoms with Crippen molar-refractivity contribution in [2.45, 2.75) is 39.8 Å². The van der Waals surface area contributed by atoms with E-state index in [1.165, 1.54) is 13.1 Å². The lowest BCUT2D eigenvalue weighted by Gasteiger charge is -2.31. The van der Waals surface area contributed by atoms with Gasteiger partial charge in [0.25, 0.3) is 5.91 Å². The summed E-state index contributed by atoms with van der Waals surface area (Å²) in [7, 11) is 0. The number of pyridine rings is 1. The van der Waals surface area contributed by atoms with E-state index >= 15 is 0 Å². The van der Waals surface area contributed by atoms with Crippen LogP contribution in [0.15, 0.2) is 18.3 Å². The van der Waals surface area contributed by atoms with E-state index in [0.29, 0.717) is 18.8 Å². The molecular formula is C19H28N4O5. The average Bonchev–Trinajstić information content (AvgIpc) is 2.65. The number of carbonyl (C=O) groups is 3. The Kier molecular flexibility index (Phi) is 6.95. The lowest BCUT2D eigenvalue weighted by molar-refractivity contribution is -0.142. The molecule has 1 aromatic heterocycles. The van der Waals surface area contributed by atoms with Crippen LogP contribution in [-0.2, 0) is 14.3 Å². The second kappa shape index (κ2) is 9.01. The molecule has 154 valence electrons. The zero-order valence-corrected chi connectivity index (χ0v) is 16.7. The molecule has 0 radical (unpaired) electrons. The van der Waals surface area contributed by atoms with Crippen LogP contribution in [0.5, 0.6) is 0 Å². The van der Waals surface area contributed by atoms with Crippen molar-refractivity contribution in [3.63, 3.8) is 0 Å². The topological polar surface area (TPSA) is 121 Å². The van der Waals surface area contributed by atoms with E-state index in [1.54, 1.807) is 32.9 Å². The molecule has 0 saturated carbocycles. The number of carbonyl (C=O) groups excluding carboxylic acids is 2. The number of aliphatic carboxylic acids is 1. The van der Waals surface area contributed by atoms with E-state index in [4.69, 9.17) is 9.84 Å². The first-order valence-corrected chi connectivity index (χ1v) is 9.22. The summed E-state index contributed by atoms with van der Waals surface area (Å²) < 4.78 is 5.32. The highest BCUT2D eigenvalue weighted by molar-refractivity contribution is 5.98. The molecule has 28 heavy (non-hydrogen) atoms. The van der Waals surface area contributed by atoms with Crippen LogP contribution in [0.4, 0.5) is 5.82 Å². The number of anilines is 1. The largest absolute Gasteiger partial charge is 0.480 e. The molecule has 1 aliphatic heterocycles. The second-order valence-corrected chi connectivity index (χ2v) is 7.85. The lowest BCUT2D eigenvalue weighted by atomic mass is 9.85. The first-order valence-electron chi connectivity index (χ1n) is 9.22. The monoisotopic (exact) mass is 392 g/mol. The summed E-state index contributed by atoms with van der Waals surface area (Å²) in [6.07, 6.45) is 1.47. The Hall–Kier alpha value is -2.68. The second-order valence-electron chi connectivity index (χ2n) is 7.85. The van der Waals surface area contributed by atoms with Crippen molar-refractivity contribution in [1.82, 2.24) is 15.6 Å². The predicted octanol–water partition coefficient (Wildman–Crippen LogP) is 0.652. The fraction of sp³-hybridized carbons (Fsp3) is 0.579. The van der Waals surface area contributed by atoms with Gasteiger partial charge in [0.05, 0.1) is 18.8 Å². The molecule has 2 heterocycles. The summed E-state index contributed by atoms with van der Waals surface area (Å²) >= 11 is 0. The summed E-state index contributed by atoms with van der Waals surface area (Å²) in [5.74, 6) is -1.37. The molecule has 1 aliphatic rings. The Morgan fingerprint density at radius 3 is 2.32 bits per heavy atom. The van der Waals surface area contributed by atoms with E-state index in [-0.39, 0.29) is 0 Å². The third-order valence-electron chi connectivity index (χ3n) is 4.48. The van der Waals surface area contributed by atoms with Crippen molar-refractivity contribution in [3.05, 3.63) is 23.9 Å². The summed E-state index contributed by atoms with van der Waals surface area (Å²) in [5.41, 5.74) is -0.288. The minimum atomic E-state index is -1.14. The van der Waals surface area contributed by atoms with Crippen LogP contribution in [-0.4, -0.2) is 66.3 Å². The smallest absolute Gasteiger partial charge is 0.325 e. The fourth-order valence-corrected chi connectivity index (χ4v) is 2.75. The van der Waals surface area contributed by atoms with Crippen molar-refractivity contribution in [2.24, 2.45) is 5.41 Å². The van der Waals surface area contributed by atoms with Gasteiger partial charge in [-0.3, -0.25) is 14.4 Å². The van der Waals surface area contributed by atoms with Crippen LogP contribution in [0, 0.1) is 5.41 Å². The van der Waals surface area contributed by atoms with Gasteiger partial charge >= 0.3 is 5.97 Å². The number of rotatable bonds is 6. The molecule has 1 fully saturated rings. The van der Waals surface area contributed by atoms with Crippen molar-refractivity contribution in [3.8, 4) is 0 Å². The molecule has 0 spiro atoms. The fourth-order valence-electron chi connectivity index (χ4n) is 2.75. The summed E-state index contributed by atoms with van der Waals surface area (Å²) in [4.78, 5) is 42.5. The minimum absolute atomic E-state index is 0.324. The van der Waals surface area contributed by atoms with Crippen molar-refractivity contribution in [1.29, 1.82) is 0 Å². The van der Waals surface area contributed by atoms with Crippen molar-refractivity contribution < 1.29 is 24.2 Å². The Morgan fingerprint density at radius 2 is 1.82 bits per heavy atom. The predicted molar refractivity (Wildman–Crippen MR) is 103 cm³/mol. The van der Waals surface area contributed by atoms with Crippen LogP contribution in [0.3, 0.4) is 0 Å². The molecule has 9 heteroatoms. The number of nitrogens with zero attached hydrogens (tertiary/aromatic N) is 2. The van der Waals surface area contributed by atoms with E-state index in [0.717, 1.165) is 18.9 Å². The maximum atomic E-state index is 12.6. The van der Waals surface area contributed by atoms with Crippen LogP contribution in [0.25, 0.3) is 0 Å². The molecule has 0 aromatic carbocycles. The number of hydrogen-bond acceptors (Lipinski definition) is 6. The number of ether oxygens (including phenoxy) is 1. The Morgan fingerprint density at radius 1 is 1.18 bits per heavy atom. The van der Waals surface area contributed by atoms with E-state index < -0.39 is 35.3 Å². The highest BCUT2D eigenvalue weighted by Gasteiger charge is 2.34. The number of carboxylic acid groups (broad SMARTS) is 1. The number of morpholine rings is 1. The number of aromatic nitrogens is 1. The lowest BCUT2D eigenvalue weighted by Crippen LogP contribution is -2.56. The normalized spacial score (nSPS) is 16.8. The molecule has 9 nitrogen and oxygen atoms in total. The first-order chi connectivity index (χ1) is 13.1. The van der Waals surface area contributed by atoms with Gasteiger partial charge in [0.2, 0.25) is 5.91 Å². The molecule has 2 unspecified atom stereocenters. The number of carboxylic acids is 1.